The zero-order chi connectivity index (χ0) is 15.2. The van der Waals surface area contributed by atoms with Crippen molar-refractivity contribution in [3.8, 4) is 0 Å². The molecule has 0 unspecified atom stereocenters. The summed E-state index contributed by atoms with van der Waals surface area (Å²) in [5.41, 5.74) is 0. The lowest BCUT2D eigenvalue weighted by Crippen LogP contribution is -2.48. The Morgan fingerprint density at radius 3 is 1.37 bits per heavy atom. The third kappa shape index (κ3) is 9.75. The van der Waals surface area contributed by atoms with Crippen molar-refractivity contribution in [1.82, 2.24) is 0 Å². The Morgan fingerprint density at radius 1 is 0.789 bits per heavy atom. The van der Waals surface area contributed by atoms with Gasteiger partial charge in [0.2, 0.25) is 0 Å². The molecule has 0 aromatic heterocycles. The molecule has 0 saturated carbocycles. The minimum absolute atomic E-state index is 0.220. The Labute approximate surface area is 120 Å². The Balaban J connectivity index is 4.44. The first-order chi connectivity index (χ1) is 8.54. The van der Waals surface area contributed by atoms with E-state index in [0.717, 1.165) is 24.9 Å². The number of aliphatic hydroxyl groups is 2. The van der Waals surface area contributed by atoms with Gasteiger partial charge in [-0.15, -0.1) is 0 Å². The van der Waals surface area contributed by atoms with E-state index in [2.05, 4.69) is 26.2 Å². The quantitative estimate of drug-likeness (QED) is 0.481. The smallest absolute Gasteiger partial charge is 0.190 e. The highest BCUT2D eigenvalue weighted by molar-refractivity contribution is 6.72. The molecule has 0 aromatic rings. The maximum atomic E-state index is 8.93. The molecule has 0 aromatic carbocycles. The summed E-state index contributed by atoms with van der Waals surface area (Å²) in [6.07, 6.45) is 1.58. The van der Waals surface area contributed by atoms with Gasteiger partial charge >= 0.3 is 0 Å². The van der Waals surface area contributed by atoms with Crippen LogP contribution >= 0.6 is 0 Å². The lowest BCUT2D eigenvalue weighted by molar-refractivity contribution is -0.0965. The number of hydrogen-bond donors (Lipinski definition) is 2. The van der Waals surface area contributed by atoms with Crippen molar-refractivity contribution in [3.05, 3.63) is 0 Å². The SMILES string of the molecule is CC(C)(O[Si](C)(C)CCCO)O[Si](C)(C)CCCO. The summed E-state index contributed by atoms with van der Waals surface area (Å²) in [7, 11) is -3.61. The molecular weight excluding hydrogens is 276 g/mol. The molecule has 0 heterocycles. The van der Waals surface area contributed by atoms with Crippen molar-refractivity contribution in [2.75, 3.05) is 13.2 Å². The number of hydrogen-bond acceptors (Lipinski definition) is 4. The second-order valence-electron chi connectivity index (χ2n) is 6.78. The van der Waals surface area contributed by atoms with Crippen LogP contribution in [0.15, 0.2) is 0 Å². The van der Waals surface area contributed by atoms with Crippen LogP contribution < -0.4 is 0 Å². The van der Waals surface area contributed by atoms with Crippen LogP contribution in [0.5, 0.6) is 0 Å². The van der Waals surface area contributed by atoms with Crippen LogP contribution in [0, 0.1) is 0 Å². The van der Waals surface area contributed by atoms with Gasteiger partial charge in [-0.05, 0) is 65.0 Å². The van der Waals surface area contributed by atoms with Crippen molar-refractivity contribution in [2.45, 2.75) is 70.8 Å². The molecule has 0 radical (unpaired) electrons. The van der Waals surface area contributed by atoms with E-state index in [0.29, 0.717) is 0 Å². The molecule has 0 rings (SSSR count). The van der Waals surface area contributed by atoms with E-state index in [1.165, 1.54) is 0 Å². The molecule has 0 saturated heterocycles. The van der Waals surface area contributed by atoms with Crippen LogP contribution in [-0.4, -0.2) is 45.8 Å². The zero-order valence-electron chi connectivity index (χ0n) is 13.5. The third-order valence-electron chi connectivity index (χ3n) is 2.92. The van der Waals surface area contributed by atoms with Crippen LogP contribution in [0.2, 0.25) is 38.3 Å². The summed E-state index contributed by atoms with van der Waals surface area (Å²) in [6.45, 7) is 13.1. The van der Waals surface area contributed by atoms with Crippen molar-refractivity contribution in [1.29, 1.82) is 0 Å². The standard InChI is InChI=1S/C13H32O4Si2/c1-13(2,16-18(3,4)11-7-9-14)17-19(5,6)12-8-10-15/h14-15H,7-12H2,1-6H3. The van der Waals surface area contributed by atoms with Crippen LogP contribution in [0.1, 0.15) is 26.7 Å². The average molecular weight is 309 g/mol. The monoisotopic (exact) mass is 308 g/mol. The first kappa shape index (κ1) is 19.3. The molecule has 0 bridgehead atoms. The molecule has 2 N–H and O–H groups in total. The number of aliphatic hydroxyl groups excluding tert-OH is 2. The topological polar surface area (TPSA) is 58.9 Å². The first-order valence-corrected chi connectivity index (χ1v) is 13.4. The Kier molecular flexibility index (Phi) is 8.01. The maximum absolute atomic E-state index is 8.93. The van der Waals surface area contributed by atoms with Crippen molar-refractivity contribution in [3.63, 3.8) is 0 Å². The summed E-state index contributed by atoms with van der Waals surface area (Å²) >= 11 is 0. The van der Waals surface area contributed by atoms with Crippen LogP contribution in [-0.2, 0) is 8.85 Å². The summed E-state index contributed by atoms with van der Waals surface area (Å²) in [4.78, 5) is 0. The van der Waals surface area contributed by atoms with Gasteiger partial charge in [0, 0.05) is 13.2 Å². The zero-order valence-corrected chi connectivity index (χ0v) is 15.5. The molecule has 0 aliphatic heterocycles. The third-order valence-corrected chi connectivity index (χ3v) is 8.12. The van der Waals surface area contributed by atoms with E-state index in [9.17, 15) is 0 Å². The Bertz CT molecular complexity index is 231. The Hall–Kier alpha value is 0.274. The predicted molar refractivity (Wildman–Crippen MR) is 84.2 cm³/mol. The largest absolute Gasteiger partial charge is 0.396 e. The van der Waals surface area contributed by atoms with Gasteiger partial charge in [-0.25, -0.2) is 0 Å². The van der Waals surface area contributed by atoms with E-state index >= 15 is 0 Å². The molecular formula is C13H32O4Si2. The minimum Gasteiger partial charge on any atom is -0.396 e. The van der Waals surface area contributed by atoms with Crippen molar-refractivity contribution < 1.29 is 19.1 Å². The van der Waals surface area contributed by atoms with Crippen LogP contribution in [0.4, 0.5) is 0 Å². The van der Waals surface area contributed by atoms with E-state index in [1.807, 2.05) is 13.8 Å². The molecule has 116 valence electrons. The first-order valence-electron chi connectivity index (χ1n) is 7.16. The molecule has 19 heavy (non-hydrogen) atoms. The highest BCUT2D eigenvalue weighted by Gasteiger charge is 2.36. The van der Waals surface area contributed by atoms with E-state index in [-0.39, 0.29) is 13.2 Å². The fraction of sp³-hybridized carbons (Fsp3) is 1.00. The summed E-state index contributed by atoms with van der Waals surface area (Å²) < 4.78 is 12.4. The van der Waals surface area contributed by atoms with Crippen LogP contribution in [0.3, 0.4) is 0 Å². The second kappa shape index (κ2) is 7.90. The second-order valence-corrected chi connectivity index (χ2v) is 15.2. The summed E-state index contributed by atoms with van der Waals surface area (Å²) in [5.74, 6) is -0.573. The molecule has 4 nitrogen and oxygen atoms in total. The molecule has 0 aliphatic rings. The molecule has 0 aliphatic carbocycles. The van der Waals surface area contributed by atoms with Crippen LogP contribution in [0.25, 0.3) is 0 Å². The van der Waals surface area contributed by atoms with Gasteiger partial charge in [-0.3, -0.25) is 0 Å². The van der Waals surface area contributed by atoms with Crippen molar-refractivity contribution >= 4 is 16.6 Å². The average Bonchev–Trinajstić information content (AvgIpc) is 2.20. The molecule has 0 spiro atoms. The fourth-order valence-corrected chi connectivity index (χ4v) is 7.51. The molecule has 0 amide bonds. The fourth-order valence-electron chi connectivity index (χ4n) is 2.46. The molecule has 0 atom stereocenters. The summed E-state index contributed by atoms with van der Waals surface area (Å²) in [5, 5.41) is 17.9. The van der Waals surface area contributed by atoms with Crippen molar-refractivity contribution in [2.24, 2.45) is 0 Å². The van der Waals surface area contributed by atoms with E-state index in [1.54, 1.807) is 0 Å². The normalized spacial score (nSPS) is 13.9. The van der Waals surface area contributed by atoms with Gasteiger partial charge < -0.3 is 19.1 Å². The lowest BCUT2D eigenvalue weighted by atomic mass is 10.4. The van der Waals surface area contributed by atoms with Gasteiger partial charge in [0.25, 0.3) is 0 Å². The molecule has 0 fully saturated rings. The molecule has 6 heteroatoms. The summed E-state index contributed by atoms with van der Waals surface area (Å²) in [6, 6.07) is 1.88. The minimum atomic E-state index is -1.80. The lowest BCUT2D eigenvalue weighted by Gasteiger charge is -2.40. The number of rotatable bonds is 10. The Morgan fingerprint density at radius 2 is 1.11 bits per heavy atom. The van der Waals surface area contributed by atoms with E-state index < -0.39 is 22.4 Å². The highest BCUT2D eigenvalue weighted by Crippen LogP contribution is 2.28. The van der Waals surface area contributed by atoms with Gasteiger partial charge in [0.05, 0.1) is 0 Å². The highest BCUT2D eigenvalue weighted by atomic mass is 28.4. The predicted octanol–water partition coefficient (Wildman–Crippen LogP) is 2.93. The van der Waals surface area contributed by atoms with Gasteiger partial charge in [-0.2, -0.15) is 0 Å². The van der Waals surface area contributed by atoms with Gasteiger partial charge in [0.15, 0.2) is 16.6 Å². The van der Waals surface area contributed by atoms with E-state index in [4.69, 9.17) is 19.1 Å². The van der Waals surface area contributed by atoms with Gasteiger partial charge in [0.1, 0.15) is 5.79 Å². The van der Waals surface area contributed by atoms with Gasteiger partial charge in [-0.1, -0.05) is 0 Å². The maximum Gasteiger partial charge on any atom is 0.190 e.